The molecule has 3 rings (SSSR count). The minimum atomic E-state index is -0.0885. The molecule has 5 nitrogen and oxygen atoms in total. The molecule has 27 heavy (non-hydrogen) atoms. The predicted octanol–water partition coefficient (Wildman–Crippen LogP) is 4.79. The van der Waals surface area contributed by atoms with Crippen molar-refractivity contribution in [2.24, 2.45) is 0 Å². The zero-order valence-electron chi connectivity index (χ0n) is 16.8. The summed E-state index contributed by atoms with van der Waals surface area (Å²) >= 11 is 1.37. The zero-order chi connectivity index (χ0) is 19.8. The normalized spacial score (nSPS) is 11.8. The molecule has 0 aliphatic rings. The Hall–Kier alpha value is -2.34. The highest BCUT2D eigenvalue weighted by Crippen LogP contribution is 2.25. The van der Waals surface area contributed by atoms with Crippen molar-refractivity contribution in [3.63, 3.8) is 0 Å². The SMILES string of the molecule is Cc1ccc(-n2c(C)cc(C(=O)CSc3n[nH]c(C(C)(C)C)n3)c2C)cc1. The molecule has 0 bridgehead atoms. The molecule has 0 atom stereocenters. The van der Waals surface area contributed by atoms with Crippen molar-refractivity contribution in [1.29, 1.82) is 0 Å². The van der Waals surface area contributed by atoms with E-state index < -0.39 is 0 Å². The average Bonchev–Trinajstić information content (AvgIpc) is 3.19. The predicted molar refractivity (Wildman–Crippen MR) is 110 cm³/mol. The molecule has 1 aromatic carbocycles. The largest absolute Gasteiger partial charge is 0.318 e. The van der Waals surface area contributed by atoms with Crippen LogP contribution in [0, 0.1) is 20.8 Å². The number of ketones is 1. The van der Waals surface area contributed by atoms with Crippen molar-refractivity contribution in [3.05, 3.63) is 58.7 Å². The van der Waals surface area contributed by atoms with Gasteiger partial charge in [-0.1, -0.05) is 50.2 Å². The Morgan fingerprint density at radius 3 is 2.41 bits per heavy atom. The summed E-state index contributed by atoms with van der Waals surface area (Å²) in [5, 5.41) is 7.79. The van der Waals surface area contributed by atoms with Crippen LogP contribution in [0.2, 0.25) is 0 Å². The third-order valence-electron chi connectivity index (χ3n) is 4.53. The van der Waals surface area contributed by atoms with Crippen LogP contribution in [0.4, 0.5) is 0 Å². The number of benzene rings is 1. The molecule has 0 saturated carbocycles. The maximum atomic E-state index is 12.8. The third kappa shape index (κ3) is 4.16. The summed E-state index contributed by atoms with van der Waals surface area (Å²) in [6.45, 7) is 12.3. The van der Waals surface area contributed by atoms with E-state index in [2.05, 4.69) is 71.7 Å². The van der Waals surface area contributed by atoms with E-state index in [9.17, 15) is 4.79 Å². The van der Waals surface area contributed by atoms with Gasteiger partial charge in [-0.05, 0) is 39.0 Å². The number of carbonyl (C=O) groups is 1. The van der Waals surface area contributed by atoms with Gasteiger partial charge in [-0.2, -0.15) is 0 Å². The van der Waals surface area contributed by atoms with Gasteiger partial charge in [0.2, 0.25) is 5.16 Å². The molecule has 0 fully saturated rings. The monoisotopic (exact) mass is 382 g/mol. The molecule has 0 spiro atoms. The van der Waals surface area contributed by atoms with Crippen molar-refractivity contribution in [3.8, 4) is 5.69 Å². The number of nitrogens with zero attached hydrogens (tertiary/aromatic N) is 3. The number of aryl methyl sites for hydroxylation is 2. The molecule has 3 aromatic rings. The summed E-state index contributed by atoms with van der Waals surface area (Å²) in [5.41, 5.74) is 4.98. The smallest absolute Gasteiger partial charge is 0.208 e. The Morgan fingerprint density at radius 1 is 1.15 bits per heavy atom. The first-order valence-corrected chi connectivity index (χ1v) is 10.0. The van der Waals surface area contributed by atoms with Gasteiger partial charge in [0.1, 0.15) is 5.82 Å². The molecule has 2 aromatic heterocycles. The van der Waals surface area contributed by atoms with Crippen LogP contribution >= 0.6 is 11.8 Å². The van der Waals surface area contributed by atoms with Gasteiger partial charge >= 0.3 is 0 Å². The minimum absolute atomic E-state index is 0.0885. The number of aromatic nitrogens is 4. The Balaban J connectivity index is 1.77. The van der Waals surface area contributed by atoms with E-state index in [0.29, 0.717) is 10.9 Å². The van der Waals surface area contributed by atoms with E-state index >= 15 is 0 Å². The highest BCUT2D eigenvalue weighted by molar-refractivity contribution is 7.99. The number of nitrogens with one attached hydrogen (secondary N) is 1. The molecule has 142 valence electrons. The van der Waals surface area contributed by atoms with E-state index in [1.165, 1.54) is 17.3 Å². The summed E-state index contributed by atoms with van der Waals surface area (Å²) in [7, 11) is 0. The molecule has 1 N–H and O–H groups in total. The first kappa shape index (κ1) is 19.4. The minimum Gasteiger partial charge on any atom is -0.318 e. The molecule has 0 radical (unpaired) electrons. The lowest BCUT2D eigenvalue weighted by Crippen LogP contribution is -2.13. The fourth-order valence-corrected chi connectivity index (χ4v) is 3.67. The van der Waals surface area contributed by atoms with Crippen LogP contribution in [0.3, 0.4) is 0 Å². The van der Waals surface area contributed by atoms with Crippen molar-refractivity contribution >= 4 is 17.5 Å². The summed E-state index contributed by atoms with van der Waals surface area (Å²) in [6.07, 6.45) is 0. The van der Waals surface area contributed by atoms with E-state index in [1.54, 1.807) is 0 Å². The van der Waals surface area contributed by atoms with Gasteiger partial charge in [0.15, 0.2) is 5.78 Å². The number of carbonyl (C=O) groups excluding carboxylic acids is 1. The first-order chi connectivity index (χ1) is 12.7. The fraction of sp³-hybridized carbons (Fsp3) is 0.381. The summed E-state index contributed by atoms with van der Waals surface area (Å²) < 4.78 is 2.13. The van der Waals surface area contributed by atoms with Crippen molar-refractivity contribution in [2.45, 2.75) is 52.1 Å². The number of hydrogen-bond acceptors (Lipinski definition) is 4. The quantitative estimate of drug-likeness (QED) is 0.509. The van der Waals surface area contributed by atoms with Crippen LogP contribution in [0.5, 0.6) is 0 Å². The molecular formula is C21H26N4OS. The maximum Gasteiger partial charge on any atom is 0.208 e. The van der Waals surface area contributed by atoms with Gasteiger partial charge in [0, 0.05) is 28.1 Å². The number of Topliss-reactive ketones (excluding diaryl/α,β-unsaturated/α-hetero) is 1. The highest BCUT2D eigenvalue weighted by Gasteiger charge is 2.20. The Labute approximate surface area is 164 Å². The lowest BCUT2D eigenvalue weighted by atomic mass is 9.96. The second kappa shape index (κ2) is 7.35. The Bertz CT molecular complexity index is 961. The number of hydrogen-bond donors (Lipinski definition) is 1. The average molecular weight is 383 g/mol. The summed E-state index contributed by atoms with van der Waals surface area (Å²) in [4.78, 5) is 17.3. The van der Waals surface area contributed by atoms with Gasteiger partial charge in [0.05, 0.1) is 5.75 Å². The van der Waals surface area contributed by atoms with Crippen molar-refractivity contribution in [2.75, 3.05) is 5.75 Å². The maximum absolute atomic E-state index is 12.8. The van der Waals surface area contributed by atoms with Crippen molar-refractivity contribution in [1.82, 2.24) is 19.7 Å². The van der Waals surface area contributed by atoms with Gasteiger partial charge in [-0.15, -0.1) is 5.10 Å². The van der Waals surface area contributed by atoms with Crippen LogP contribution in [0.25, 0.3) is 5.69 Å². The lowest BCUT2D eigenvalue weighted by molar-refractivity contribution is 0.102. The van der Waals surface area contributed by atoms with Crippen molar-refractivity contribution < 1.29 is 4.79 Å². The van der Waals surface area contributed by atoms with E-state index in [0.717, 1.165) is 28.5 Å². The standard InChI is InChI=1S/C21H26N4OS/c1-13-7-9-16(10-8-13)25-14(2)11-17(15(25)3)18(26)12-27-20-22-19(23-24-20)21(4,5)6/h7-11H,12H2,1-6H3,(H,22,23,24). The number of thioether (sulfide) groups is 1. The van der Waals surface area contributed by atoms with Crippen LogP contribution in [0.1, 0.15) is 53.9 Å². The van der Waals surface area contributed by atoms with Gasteiger partial charge < -0.3 is 4.57 Å². The summed E-state index contributed by atoms with van der Waals surface area (Å²) in [6, 6.07) is 10.3. The van der Waals surface area contributed by atoms with Gasteiger partial charge in [-0.25, -0.2) is 4.98 Å². The second-order valence-electron chi connectivity index (χ2n) is 7.88. The first-order valence-electron chi connectivity index (χ1n) is 9.01. The topological polar surface area (TPSA) is 63.6 Å². The molecule has 6 heteroatoms. The van der Waals surface area contributed by atoms with E-state index in [4.69, 9.17) is 0 Å². The Kier molecular flexibility index (Phi) is 5.29. The molecule has 0 aliphatic heterocycles. The molecule has 0 saturated heterocycles. The summed E-state index contributed by atoms with van der Waals surface area (Å²) in [5.74, 6) is 1.24. The van der Waals surface area contributed by atoms with Crippen LogP contribution in [-0.4, -0.2) is 31.3 Å². The third-order valence-corrected chi connectivity index (χ3v) is 5.38. The van der Waals surface area contributed by atoms with E-state index in [-0.39, 0.29) is 11.2 Å². The second-order valence-corrected chi connectivity index (χ2v) is 8.83. The van der Waals surface area contributed by atoms with Crippen LogP contribution in [-0.2, 0) is 5.41 Å². The number of rotatable bonds is 5. The zero-order valence-corrected chi connectivity index (χ0v) is 17.6. The Morgan fingerprint density at radius 2 is 1.81 bits per heavy atom. The number of aromatic amines is 1. The van der Waals surface area contributed by atoms with Gasteiger partial charge in [-0.3, -0.25) is 9.89 Å². The molecule has 0 amide bonds. The van der Waals surface area contributed by atoms with Crippen LogP contribution in [0.15, 0.2) is 35.5 Å². The molecule has 2 heterocycles. The number of H-pyrrole nitrogens is 1. The van der Waals surface area contributed by atoms with Crippen LogP contribution < -0.4 is 0 Å². The lowest BCUT2D eigenvalue weighted by Gasteiger charge is -2.12. The highest BCUT2D eigenvalue weighted by atomic mass is 32.2. The molecular weight excluding hydrogens is 356 g/mol. The van der Waals surface area contributed by atoms with Gasteiger partial charge in [0.25, 0.3) is 0 Å². The fourth-order valence-electron chi connectivity index (χ4n) is 2.99. The molecule has 0 unspecified atom stereocenters. The molecule has 0 aliphatic carbocycles. The van der Waals surface area contributed by atoms with E-state index in [1.807, 2.05) is 19.9 Å².